The number of carbonyl (C=O) groups is 1. The van der Waals surface area contributed by atoms with Crippen LogP contribution in [0.25, 0.3) is 0 Å². The van der Waals surface area contributed by atoms with Crippen molar-refractivity contribution in [1.29, 1.82) is 0 Å². The van der Waals surface area contributed by atoms with E-state index in [0.29, 0.717) is 13.2 Å². The van der Waals surface area contributed by atoms with Gasteiger partial charge in [0.1, 0.15) is 6.54 Å². The Morgan fingerprint density at radius 3 is 2.71 bits per heavy atom. The zero-order valence-corrected chi connectivity index (χ0v) is 17.1. The molecule has 156 valence electrons. The Balaban J connectivity index is 1.57. The predicted molar refractivity (Wildman–Crippen MR) is 108 cm³/mol. The molecule has 0 radical (unpaired) electrons. The number of nitrogens with two attached hydrogens (primary N) is 1. The number of hydrogen-bond donors (Lipinski definition) is 1. The Labute approximate surface area is 167 Å². The highest BCUT2D eigenvalue weighted by atomic mass is 16.5. The fourth-order valence-electron chi connectivity index (χ4n) is 4.50. The average Bonchev–Trinajstić information content (AvgIpc) is 2.69. The molecular formula is C21H34N4O3. The van der Waals surface area contributed by atoms with Crippen LogP contribution in [0.5, 0.6) is 0 Å². The number of piperidine rings is 1. The highest BCUT2D eigenvalue weighted by molar-refractivity contribution is 5.76. The monoisotopic (exact) mass is 390 g/mol. The standard InChI is InChI=1S/C21H34N4O3/c1-15(2)16-5-7-17(8-6-16)28-13-19-18(22)4-3-11-25(19)21(27)12-24-14-23-10-9-20(24)26/h9-10,14-19H,3-8,11-13,22H2,1-2H3/t16-,17+,18-,19-/m0/s1. The van der Waals surface area contributed by atoms with E-state index < -0.39 is 0 Å². The van der Waals surface area contributed by atoms with Gasteiger partial charge in [0.25, 0.3) is 5.56 Å². The number of likely N-dealkylation sites (tertiary alicyclic amines) is 1. The number of carbonyl (C=O) groups excluding carboxylic acids is 1. The van der Waals surface area contributed by atoms with E-state index in [-0.39, 0.29) is 36.2 Å². The average molecular weight is 391 g/mol. The summed E-state index contributed by atoms with van der Waals surface area (Å²) in [7, 11) is 0. The van der Waals surface area contributed by atoms with Crippen molar-refractivity contribution >= 4 is 5.91 Å². The largest absolute Gasteiger partial charge is 0.376 e. The number of amides is 1. The van der Waals surface area contributed by atoms with Crippen molar-refractivity contribution < 1.29 is 9.53 Å². The lowest BCUT2D eigenvalue weighted by Crippen LogP contribution is -2.57. The van der Waals surface area contributed by atoms with Crippen LogP contribution in [0.1, 0.15) is 52.4 Å². The van der Waals surface area contributed by atoms with Gasteiger partial charge in [-0.3, -0.25) is 14.2 Å². The minimum atomic E-state index is -0.223. The second kappa shape index (κ2) is 9.65. The number of ether oxygens (including phenoxy) is 1. The Bertz CT molecular complexity index is 697. The molecule has 7 nitrogen and oxygen atoms in total. The van der Waals surface area contributed by atoms with Crippen molar-refractivity contribution in [2.45, 2.75) is 77.1 Å². The van der Waals surface area contributed by atoms with Gasteiger partial charge in [0.15, 0.2) is 0 Å². The first-order valence-corrected chi connectivity index (χ1v) is 10.6. The summed E-state index contributed by atoms with van der Waals surface area (Å²) in [5, 5.41) is 0. The number of nitrogens with zero attached hydrogens (tertiary/aromatic N) is 3. The summed E-state index contributed by atoms with van der Waals surface area (Å²) in [6.07, 6.45) is 9.48. The lowest BCUT2D eigenvalue weighted by molar-refractivity contribution is -0.139. The fraction of sp³-hybridized carbons (Fsp3) is 0.762. The van der Waals surface area contributed by atoms with Crippen molar-refractivity contribution in [2.75, 3.05) is 13.2 Å². The normalized spacial score (nSPS) is 28.5. The maximum atomic E-state index is 12.9. The predicted octanol–water partition coefficient (Wildman–Crippen LogP) is 1.79. The van der Waals surface area contributed by atoms with E-state index in [1.165, 1.54) is 36.0 Å². The van der Waals surface area contributed by atoms with Crippen LogP contribution in [0.2, 0.25) is 0 Å². The molecule has 0 bridgehead atoms. The molecule has 2 N–H and O–H groups in total. The van der Waals surface area contributed by atoms with E-state index >= 15 is 0 Å². The van der Waals surface area contributed by atoms with Crippen molar-refractivity contribution in [1.82, 2.24) is 14.5 Å². The Kier molecular flexibility index (Phi) is 7.24. The maximum absolute atomic E-state index is 12.9. The molecule has 1 aliphatic heterocycles. The van der Waals surface area contributed by atoms with Gasteiger partial charge in [-0.25, -0.2) is 4.98 Å². The summed E-state index contributed by atoms with van der Waals surface area (Å²) >= 11 is 0. The first kappa shape index (κ1) is 21.0. The van der Waals surface area contributed by atoms with Crippen molar-refractivity contribution in [3.8, 4) is 0 Å². The zero-order chi connectivity index (χ0) is 20.1. The summed E-state index contributed by atoms with van der Waals surface area (Å²) in [6.45, 7) is 5.73. The molecule has 1 aromatic heterocycles. The summed E-state index contributed by atoms with van der Waals surface area (Å²) in [5.41, 5.74) is 6.13. The maximum Gasteiger partial charge on any atom is 0.253 e. The lowest BCUT2D eigenvalue weighted by atomic mass is 9.80. The van der Waals surface area contributed by atoms with Gasteiger partial charge >= 0.3 is 0 Å². The molecule has 2 atom stereocenters. The van der Waals surface area contributed by atoms with Crippen molar-refractivity contribution in [2.24, 2.45) is 17.6 Å². The molecule has 1 saturated heterocycles. The van der Waals surface area contributed by atoms with Crippen LogP contribution in [0.3, 0.4) is 0 Å². The topological polar surface area (TPSA) is 90.4 Å². The van der Waals surface area contributed by atoms with Gasteiger partial charge in [0.05, 0.1) is 25.1 Å². The van der Waals surface area contributed by atoms with Crippen LogP contribution in [0.4, 0.5) is 0 Å². The van der Waals surface area contributed by atoms with E-state index in [4.69, 9.17) is 10.5 Å². The Morgan fingerprint density at radius 2 is 2.04 bits per heavy atom. The Hall–Kier alpha value is -1.73. The summed E-state index contributed by atoms with van der Waals surface area (Å²) in [5.74, 6) is 1.44. The molecule has 28 heavy (non-hydrogen) atoms. The van der Waals surface area contributed by atoms with Gasteiger partial charge in [-0.1, -0.05) is 13.8 Å². The molecule has 2 aliphatic rings. The van der Waals surface area contributed by atoms with Gasteiger partial charge in [0.2, 0.25) is 5.91 Å². The minimum Gasteiger partial charge on any atom is -0.376 e. The molecule has 1 aromatic rings. The third-order valence-electron chi connectivity index (χ3n) is 6.41. The minimum absolute atomic E-state index is 0.00457. The van der Waals surface area contributed by atoms with Crippen LogP contribution >= 0.6 is 0 Å². The number of rotatable bonds is 6. The van der Waals surface area contributed by atoms with Gasteiger partial charge in [0, 0.05) is 24.8 Å². The van der Waals surface area contributed by atoms with Gasteiger partial charge in [-0.15, -0.1) is 0 Å². The van der Waals surface area contributed by atoms with Crippen LogP contribution < -0.4 is 11.3 Å². The van der Waals surface area contributed by atoms with Gasteiger partial charge < -0.3 is 15.4 Å². The van der Waals surface area contributed by atoms with Crippen LogP contribution in [0, 0.1) is 11.8 Å². The summed E-state index contributed by atoms with van der Waals surface area (Å²) in [6, 6.07) is 1.15. The molecule has 0 unspecified atom stereocenters. The summed E-state index contributed by atoms with van der Waals surface area (Å²) < 4.78 is 7.56. The van der Waals surface area contributed by atoms with Crippen molar-refractivity contribution in [3.05, 3.63) is 28.9 Å². The molecule has 1 aliphatic carbocycles. The third-order valence-corrected chi connectivity index (χ3v) is 6.41. The molecule has 1 saturated carbocycles. The third kappa shape index (κ3) is 5.20. The van der Waals surface area contributed by atoms with E-state index in [1.807, 2.05) is 4.90 Å². The molecule has 0 spiro atoms. The second-order valence-corrected chi connectivity index (χ2v) is 8.62. The lowest BCUT2D eigenvalue weighted by Gasteiger charge is -2.41. The molecule has 7 heteroatoms. The second-order valence-electron chi connectivity index (χ2n) is 8.62. The molecular weight excluding hydrogens is 356 g/mol. The Morgan fingerprint density at radius 1 is 1.29 bits per heavy atom. The van der Waals surface area contributed by atoms with Gasteiger partial charge in [-0.2, -0.15) is 0 Å². The quantitative estimate of drug-likeness (QED) is 0.800. The van der Waals surface area contributed by atoms with E-state index in [1.54, 1.807) is 0 Å². The fourth-order valence-corrected chi connectivity index (χ4v) is 4.50. The molecule has 1 amide bonds. The van der Waals surface area contributed by atoms with Crippen LogP contribution in [0.15, 0.2) is 23.4 Å². The van der Waals surface area contributed by atoms with Crippen LogP contribution in [-0.2, 0) is 16.1 Å². The first-order valence-electron chi connectivity index (χ1n) is 10.6. The SMILES string of the molecule is CC(C)[C@H]1CC[C@@H](OC[C@H]2[C@@H](N)CCCN2C(=O)Cn2cnccc2=O)CC1. The highest BCUT2D eigenvalue weighted by Crippen LogP contribution is 2.31. The highest BCUT2D eigenvalue weighted by Gasteiger charge is 2.34. The summed E-state index contributed by atoms with van der Waals surface area (Å²) in [4.78, 5) is 30.5. The number of hydrogen-bond acceptors (Lipinski definition) is 5. The first-order chi connectivity index (χ1) is 13.5. The van der Waals surface area contributed by atoms with E-state index in [9.17, 15) is 9.59 Å². The van der Waals surface area contributed by atoms with E-state index in [2.05, 4.69) is 18.8 Å². The molecule has 2 fully saturated rings. The molecule has 2 heterocycles. The smallest absolute Gasteiger partial charge is 0.253 e. The number of aromatic nitrogens is 2. The molecule has 3 rings (SSSR count). The van der Waals surface area contributed by atoms with E-state index in [0.717, 1.165) is 37.5 Å². The zero-order valence-electron chi connectivity index (χ0n) is 17.1. The van der Waals surface area contributed by atoms with Crippen LogP contribution in [-0.4, -0.2) is 51.7 Å². The van der Waals surface area contributed by atoms with Crippen molar-refractivity contribution in [3.63, 3.8) is 0 Å². The molecule has 0 aromatic carbocycles. The van der Waals surface area contributed by atoms with Gasteiger partial charge in [-0.05, 0) is 50.4 Å².